The molecule has 0 aromatic heterocycles. The summed E-state index contributed by atoms with van der Waals surface area (Å²) in [6.07, 6.45) is 0. The highest BCUT2D eigenvalue weighted by atomic mass is 79.9. The minimum Gasteiger partial charge on any atom is -0.356 e. The van der Waals surface area contributed by atoms with Gasteiger partial charge in [-0.25, -0.2) is 0 Å². The summed E-state index contributed by atoms with van der Waals surface area (Å²) in [5.41, 5.74) is -0.318. The molecule has 0 aromatic carbocycles. The summed E-state index contributed by atoms with van der Waals surface area (Å²) in [7, 11) is 11.2. The maximum Gasteiger partial charge on any atom is 0.238 e. The lowest BCUT2D eigenvalue weighted by Crippen LogP contribution is -2.47. The second-order valence-electron chi connectivity index (χ2n) is 5.87. The van der Waals surface area contributed by atoms with Crippen LogP contribution in [0, 0.1) is 5.41 Å². The number of carbonyl (C=O) groups excluding carboxylic acids is 2. The molecule has 0 bridgehead atoms. The number of rotatable bonds is 6. The van der Waals surface area contributed by atoms with Gasteiger partial charge in [0.1, 0.15) is 11.0 Å². The Hall–Kier alpha value is 0.0299. The second-order valence-corrected chi connectivity index (χ2v) is 9.44. The molecule has 2 amide bonds. The van der Waals surface area contributed by atoms with Crippen molar-refractivity contribution < 1.29 is 9.59 Å². The maximum absolute atomic E-state index is 11.7. The molecule has 0 aliphatic rings. The molecule has 0 rings (SSSR count). The van der Waals surface area contributed by atoms with Crippen molar-refractivity contribution in [2.24, 2.45) is 5.41 Å². The van der Waals surface area contributed by atoms with Gasteiger partial charge in [-0.15, -0.1) is 0 Å². The Morgan fingerprint density at radius 2 is 1.32 bits per heavy atom. The van der Waals surface area contributed by atoms with E-state index in [-0.39, 0.29) is 17.2 Å². The summed E-state index contributed by atoms with van der Waals surface area (Å²) in [5, 5.41) is 4.52. The van der Waals surface area contributed by atoms with Crippen molar-refractivity contribution >= 4 is 59.4 Å². The first-order valence-corrected chi connectivity index (χ1v) is 7.36. The molecule has 0 fully saturated rings. The molecule has 19 heavy (non-hydrogen) atoms. The number of hydrogen-bond acceptors (Lipinski definition) is 2. The van der Waals surface area contributed by atoms with Gasteiger partial charge >= 0.3 is 0 Å². The van der Waals surface area contributed by atoms with Crippen molar-refractivity contribution in [1.29, 1.82) is 0 Å². The normalized spacial score (nSPS) is 12.9. The third-order valence-corrected chi connectivity index (χ3v) is 3.06. The highest BCUT2D eigenvalue weighted by molar-refractivity contribution is 9.26. The molecule has 0 unspecified atom stereocenters. The molecule has 0 saturated heterocycles. The van der Waals surface area contributed by atoms with Gasteiger partial charge in [0.25, 0.3) is 0 Å². The Bertz CT molecular complexity index is 318. The Labute approximate surface area is 134 Å². The van der Waals surface area contributed by atoms with E-state index in [9.17, 15) is 9.59 Å². The molecule has 4 nitrogen and oxygen atoms in total. The van der Waals surface area contributed by atoms with E-state index < -0.39 is 8.45 Å². The topological polar surface area (TPSA) is 58.2 Å². The average Bonchev–Trinajstić information content (AvgIpc) is 2.20. The average molecular weight is 392 g/mol. The molecule has 0 spiro atoms. The van der Waals surface area contributed by atoms with E-state index in [4.69, 9.17) is 15.7 Å². The highest BCUT2D eigenvalue weighted by Crippen LogP contribution is 2.22. The molecule has 4 radical (unpaired) electrons. The van der Waals surface area contributed by atoms with Crippen LogP contribution in [0.25, 0.3) is 0 Å². The summed E-state index contributed by atoms with van der Waals surface area (Å²) in [6.45, 7) is 7.86. The molecule has 8 heteroatoms. The smallest absolute Gasteiger partial charge is 0.238 e. The third-order valence-electron chi connectivity index (χ3n) is 2.34. The van der Waals surface area contributed by atoms with Crippen molar-refractivity contribution in [3.63, 3.8) is 0 Å². The molecule has 0 saturated carbocycles. The molecular formula is C11H18B2Br2N2O2. The Morgan fingerprint density at radius 3 is 1.63 bits per heavy atom. The maximum atomic E-state index is 11.7. The van der Waals surface area contributed by atoms with Crippen LogP contribution in [0.5, 0.6) is 0 Å². The van der Waals surface area contributed by atoms with Gasteiger partial charge in [0.2, 0.25) is 11.8 Å². The van der Waals surface area contributed by atoms with Gasteiger partial charge in [-0.3, -0.25) is 9.59 Å². The Balaban J connectivity index is 4.28. The van der Waals surface area contributed by atoms with Gasteiger partial charge in [0, 0.05) is 18.4 Å². The number of amides is 2. The number of halogens is 2. The lowest BCUT2D eigenvalue weighted by Gasteiger charge is -2.28. The zero-order valence-corrected chi connectivity index (χ0v) is 14.8. The van der Waals surface area contributed by atoms with E-state index in [0.717, 1.165) is 0 Å². The minimum absolute atomic E-state index is 0.235. The fourth-order valence-corrected chi connectivity index (χ4v) is 1.33. The van der Waals surface area contributed by atoms with Gasteiger partial charge in [0.05, 0.1) is 7.85 Å². The largest absolute Gasteiger partial charge is 0.356 e. The van der Waals surface area contributed by atoms with Crippen LogP contribution in [-0.2, 0) is 9.59 Å². The van der Waals surface area contributed by atoms with E-state index in [1.807, 2.05) is 13.8 Å². The molecule has 0 atom stereocenters. The molecule has 0 aliphatic heterocycles. The molecule has 0 aliphatic carbocycles. The predicted octanol–water partition coefficient (Wildman–Crippen LogP) is 1.22. The van der Waals surface area contributed by atoms with E-state index in [2.05, 4.69) is 42.5 Å². The number of alkyl halides is 2. The van der Waals surface area contributed by atoms with Gasteiger partial charge in [-0.1, -0.05) is 59.6 Å². The number of carbonyl (C=O) groups is 2. The number of nitrogens with one attached hydrogen (secondary N) is 2. The molecule has 104 valence electrons. The SMILES string of the molecule is [B]C(C)(C)C(=O)NCC(C)(C)CNC(=O)C([B])(Br)Br. The zero-order valence-electron chi connectivity index (χ0n) is 11.6. The highest BCUT2D eigenvalue weighted by Gasteiger charge is 2.28. The lowest BCUT2D eigenvalue weighted by molar-refractivity contribution is -0.123. The first-order valence-electron chi connectivity index (χ1n) is 5.78. The van der Waals surface area contributed by atoms with E-state index in [0.29, 0.717) is 13.1 Å². The van der Waals surface area contributed by atoms with Crippen LogP contribution in [0.1, 0.15) is 27.7 Å². The van der Waals surface area contributed by atoms with Gasteiger partial charge in [-0.05, 0) is 5.41 Å². The molecular weight excluding hydrogens is 374 g/mol. The van der Waals surface area contributed by atoms with Gasteiger partial charge < -0.3 is 10.6 Å². The summed E-state index contributed by atoms with van der Waals surface area (Å²) in [6, 6.07) is 0. The monoisotopic (exact) mass is 390 g/mol. The molecule has 2 N–H and O–H groups in total. The van der Waals surface area contributed by atoms with Gasteiger partial charge in [0.15, 0.2) is 0 Å². The second kappa shape index (κ2) is 6.66. The van der Waals surface area contributed by atoms with Crippen LogP contribution in [0.3, 0.4) is 0 Å². The zero-order chi connectivity index (χ0) is 15.5. The predicted molar refractivity (Wildman–Crippen MR) is 85.9 cm³/mol. The quantitative estimate of drug-likeness (QED) is 0.528. The fourth-order valence-electron chi connectivity index (χ4n) is 1.05. The lowest BCUT2D eigenvalue weighted by atomic mass is 9.71. The van der Waals surface area contributed by atoms with Crippen molar-refractivity contribution in [3.05, 3.63) is 0 Å². The molecule has 0 heterocycles. The first-order chi connectivity index (χ1) is 8.26. The summed E-state index contributed by atoms with van der Waals surface area (Å²) in [4.78, 5) is 23.2. The Morgan fingerprint density at radius 1 is 0.947 bits per heavy atom. The standard InChI is InChI=1S/C11H18B2Br2N2O2/c1-9(2,5-16-7(18)10(3,4)12)6-17-8(19)11(13,14)15/h5-6H2,1-4H3,(H,16,18)(H,17,19). The minimum atomic E-state index is -1.28. The van der Waals surface area contributed by atoms with E-state index in [1.54, 1.807) is 13.8 Å². The Kier molecular flexibility index (Phi) is 6.67. The van der Waals surface area contributed by atoms with Crippen LogP contribution >= 0.6 is 31.9 Å². The van der Waals surface area contributed by atoms with Crippen LogP contribution in [0.4, 0.5) is 0 Å². The van der Waals surface area contributed by atoms with Crippen molar-refractivity contribution in [2.75, 3.05) is 13.1 Å². The van der Waals surface area contributed by atoms with Crippen molar-refractivity contribution in [3.8, 4) is 0 Å². The summed E-state index contributed by atoms with van der Waals surface area (Å²) in [5.74, 6) is -0.618. The first kappa shape index (κ1) is 19.0. The summed E-state index contributed by atoms with van der Waals surface area (Å²) < 4.78 is -1.28. The van der Waals surface area contributed by atoms with Gasteiger partial charge in [-0.2, -0.15) is 0 Å². The van der Waals surface area contributed by atoms with Crippen molar-refractivity contribution in [2.45, 2.75) is 36.1 Å². The third kappa shape index (κ3) is 8.02. The van der Waals surface area contributed by atoms with Crippen LogP contribution in [-0.4, -0.2) is 43.7 Å². The summed E-state index contributed by atoms with van der Waals surface area (Å²) >= 11 is 5.99. The van der Waals surface area contributed by atoms with Crippen LogP contribution in [0.2, 0.25) is 5.31 Å². The fraction of sp³-hybridized carbons (Fsp3) is 0.818. The van der Waals surface area contributed by atoms with Crippen LogP contribution < -0.4 is 10.6 Å². The molecule has 0 aromatic rings. The van der Waals surface area contributed by atoms with E-state index in [1.165, 1.54) is 0 Å². The van der Waals surface area contributed by atoms with E-state index >= 15 is 0 Å². The van der Waals surface area contributed by atoms with Crippen LogP contribution in [0.15, 0.2) is 0 Å². The number of hydrogen-bond donors (Lipinski definition) is 2. The van der Waals surface area contributed by atoms with Crippen molar-refractivity contribution in [1.82, 2.24) is 10.6 Å².